The molecule has 0 bridgehead atoms. The highest BCUT2D eigenvalue weighted by Gasteiger charge is 2.22. The van der Waals surface area contributed by atoms with Crippen LogP contribution >= 0.6 is 11.6 Å². The van der Waals surface area contributed by atoms with Crippen LogP contribution in [0.15, 0.2) is 18.2 Å². The van der Waals surface area contributed by atoms with Gasteiger partial charge in [0.1, 0.15) is 5.82 Å². The molecule has 0 aliphatic rings. The zero-order valence-electron chi connectivity index (χ0n) is 10.6. The highest BCUT2D eigenvalue weighted by molar-refractivity contribution is 6.34. The lowest BCUT2D eigenvalue weighted by atomic mass is 9.94. The number of carbonyl (C=O) groups is 1. The predicted octanol–water partition coefficient (Wildman–Crippen LogP) is 2.73. The van der Waals surface area contributed by atoms with Gasteiger partial charge >= 0.3 is 0 Å². The van der Waals surface area contributed by atoms with Crippen molar-refractivity contribution in [1.82, 2.24) is 5.32 Å². The summed E-state index contributed by atoms with van der Waals surface area (Å²) >= 11 is 5.74. The number of nitrogens with two attached hydrogens (primary N) is 1. The molecule has 5 heteroatoms. The van der Waals surface area contributed by atoms with E-state index >= 15 is 0 Å². The Morgan fingerprint density at radius 1 is 1.44 bits per heavy atom. The molecule has 0 saturated heterocycles. The SMILES string of the molecule is CCC(N)(CC)CNC(=O)c1cccc(F)c1Cl. The topological polar surface area (TPSA) is 55.1 Å². The summed E-state index contributed by atoms with van der Waals surface area (Å²) in [5.74, 6) is -1.01. The van der Waals surface area contributed by atoms with Crippen LogP contribution in [0.3, 0.4) is 0 Å². The van der Waals surface area contributed by atoms with Crippen LogP contribution in [0, 0.1) is 5.82 Å². The molecule has 0 aromatic heterocycles. The lowest BCUT2D eigenvalue weighted by molar-refractivity contribution is 0.0942. The van der Waals surface area contributed by atoms with Gasteiger partial charge in [0.15, 0.2) is 0 Å². The highest BCUT2D eigenvalue weighted by atomic mass is 35.5. The lowest BCUT2D eigenvalue weighted by Crippen LogP contribution is -2.49. The first-order valence-electron chi connectivity index (χ1n) is 5.94. The highest BCUT2D eigenvalue weighted by Crippen LogP contribution is 2.19. The van der Waals surface area contributed by atoms with E-state index in [1.165, 1.54) is 18.2 Å². The summed E-state index contributed by atoms with van der Waals surface area (Å²) in [6.07, 6.45) is 1.50. The van der Waals surface area contributed by atoms with E-state index in [0.717, 1.165) is 12.8 Å². The van der Waals surface area contributed by atoms with Gasteiger partial charge in [0.2, 0.25) is 0 Å². The van der Waals surface area contributed by atoms with Crippen LogP contribution in [0.4, 0.5) is 4.39 Å². The maximum absolute atomic E-state index is 13.2. The Morgan fingerprint density at radius 3 is 2.61 bits per heavy atom. The van der Waals surface area contributed by atoms with E-state index < -0.39 is 17.3 Å². The molecule has 100 valence electrons. The number of carbonyl (C=O) groups excluding carboxylic acids is 1. The van der Waals surface area contributed by atoms with E-state index in [1.54, 1.807) is 0 Å². The molecule has 0 fully saturated rings. The van der Waals surface area contributed by atoms with Crippen molar-refractivity contribution in [1.29, 1.82) is 0 Å². The van der Waals surface area contributed by atoms with Crippen molar-refractivity contribution in [3.63, 3.8) is 0 Å². The van der Waals surface area contributed by atoms with Crippen LogP contribution in [0.1, 0.15) is 37.0 Å². The van der Waals surface area contributed by atoms with Crippen molar-refractivity contribution in [2.45, 2.75) is 32.2 Å². The van der Waals surface area contributed by atoms with Crippen LogP contribution in [0.25, 0.3) is 0 Å². The zero-order chi connectivity index (χ0) is 13.8. The third kappa shape index (κ3) is 3.43. The van der Waals surface area contributed by atoms with Crippen molar-refractivity contribution in [3.8, 4) is 0 Å². The van der Waals surface area contributed by atoms with Crippen molar-refractivity contribution < 1.29 is 9.18 Å². The van der Waals surface area contributed by atoms with Gasteiger partial charge in [0, 0.05) is 12.1 Å². The summed E-state index contributed by atoms with van der Waals surface area (Å²) in [5, 5.41) is 2.53. The fourth-order valence-electron chi connectivity index (χ4n) is 1.53. The molecule has 0 unspecified atom stereocenters. The molecule has 1 aromatic rings. The molecule has 0 spiro atoms. The molecule has 0 atom stereocenters. The van der Waals surface area contributed by atoms with Crippen LogP contribution in [-0.4, -0.2) is 18.0 Å². The second-order valence-corrected chi connectivity index (χ2v) is 4.73. The third-order valence-electron chi connectivity index (χ3n) is 3.21. The molecule has 0 radical (unpaired) electrons. The van der Waals surface area contributed by atoms with Gasteiger partial charge in [-0.25, -0.2) is 4.39 Å². The van der Waals surface area contributed by atoms with Crippen LogP contribution in [0.2, 0.25) is 5.02 Å². The number of nitrogens with one attached hydrogen (secondary N) is 1. The molecule has 1 aromatic carbocycles. The standard InChI is InChI=1S/C13H18ClFN2O/c1-3-13(16,4-2)8-17-12(18)9-6-5-7-10(15)11(9)14/h5-7H,3-4,8,16H2,1-2H3,(H,17,18). The van der Waals surface area contributed by atoms with Gasteiger partial charge in [-0.3, -0.25) is 4.79 Å². The molecule has 0 heterocycles. The maximum atomic E-state index is 13.2. The Kier molecular flexibility index (Phi) is 5.11. The summed E-state index contributed by atoms with van der Waals surface area (Å²) in [5.41, 5.74) is 5.76. The monoisotopic (exact) mass is 272 g/mol. The Labute approximate surface area is 112 Å². The van der Waals surface area contributed by atoms with Crippen molar-refractivity contribution in [2.24, 2.45) is 5.73 Å². The predicted molar refractivity (Wildman–Crippen MR) is 71.2 cm³/mol. The average Bonchev–Trinajstić information content (AvgIpc) is 2.39. The summed E-state index contributed by atoms with van der Waals surface area (Å²) in [6, 6.07) is 4.15. The van der Waals surface area contributed by atoms with E-state index in [4.69, 9.17) is 17.3 Å². The molecule has 0 aliphatic carbocycles. The van der Waals surface area contributed by atoms with Crippen molar-refractivity contribution in [3.05, 3.63) is 34.6 Å². The van der Waals surface area contributed by atoms with Gasteiger partial charge in [0.05, 0.1) is 10.6 Å². The first-order chi connectivity index (χ1) is 8.43. The normalized spacial score (nSPS) is 11.4. The molecule has 0 saturated carbocycles. The van der Waals surface area contributed by atoms with E-state index in [1.807, 2.05) is 13.8 Å². The molecular formula is C13H18ClFN2O. The number of benzene rings is 1. The first-order valence-corrected chi connectivity index (χ1v) is 6.32. The molecule has 0 aliphatic heterocycles. The number of halogens is 2. The van der Waals surface area contributed by atoms with E-state index in [-0.39, 0.29) is 10.6 Å². The molecule has 1 amide bonds. The smallest absolute Gasteiger partial charge is 0.252 e. The van der Waals surface area contributed by atoms with Gasteiger partial charge < -0.3 is 11.1 Å². The lowest BCUT2D eigenvalue weighted by Gasteiger charge is -2.26. The molecular weight excluding hydrogens is 255 g/mol. The fourth-order valence-corrected chi connectivity index (χ4v) is 1.74. The maximum Gasteiger partial charge on any atom is 0.252 e. The number of hydrogen-bond donors (Lipinski definition) is 2. The third-order valence-corrected chi connectivity index (χ3v) is 3.59. The van der Waals surface area contributed by atoms with Gasteiger partial charge in [-0.2, -0.15) is 0 Å². The summed E-state index contributed by atoms with van der Waals surface area (Å²) in [6.45, 7) is 4.27. The molecule has 18 heavy (non-hydrogen) atoms. The number of amides is 1. The zero-order valence-corrected chi connectivity index (χ0v) is 11.4. The first kappa shape index (κ1) is 14.9. The summed E-state index contributed by atoms with van der Waals surface area (Å²) in [7, 11) is 0. The average molecular weight is 273 g/mol. The van der Waals surface area contributed by atoms with Gasteiger partial charge in [-0.05, 0) is 25.0 Å². The fraction of sp³-hybridized carbons (Fsp3) is 0.462. The Morgan fingerprint density at radius 2 is 2.06 bits per heavy atom. The van der Waals surface area contributed by atoms with E-state index in [9.17, 15) is 9.18 Å². The summed E-state index contributed by atoms with van der Waals surface area (Å²) < 4.78 is 13.2. The second kappa shape index (κ2) is 6.16. The minimum Gasteiger partial charge on any atom is -0.350 e. The quantitative estimate of drug-likeness (QED) is 0.866. The van der Waals surface area contributed by atoms with Crippen LogP contribution < -0.4 is 11.1 Å². The van der Waals surface area contributed by atoms with E-state index in [2.05, 4.69) is 5.32 Å². The van der Waals surface area contributed by atoms with Crippen LogP contribution in [-0.2, 0) is 0 Å². The minimum atomic E-state index is -0.602. The molecule has 1 rings (SSSR count). The Bertz CT molecular complexity index is 433. The van der Waals surface area contributed by atoms with Gasteiger partial charge in [-0.15, -0.1) is 0 Å². The van der Waals surface area contributed by atoms with Gasteiger partial charge in [-0.1, -0.05) is 31.5 Å². The molecule has 3 nitrogen and oxygen atoms in total. The van der Waals surface area contributed by atoms with Gasteiger partial charge in [0.25, 0.3) is 5.91 Å². The Hall–Kier alpha value is -1.13. The molecule has 3 N–H and O–H groups in total. The van der Waals surface area contributed by atoms with E-state index in [0.29, 0.717) is 6.54 Å². The minimum absolute atomic E-state index is 0.131. The number of hydrogen-bond acceptors (Lipinski definition) is 2. The summed E-state index contributed by atoms with van der Waals surface area (Å²) in [4.78, 5) is 11.9. The largest absolute Gasteiger partial charge is 0.350 e. The van der Waals surface area contributed by atoms with Crippen molar-refractivity contribution in [2.75, 3.05) is 6.54 Å². The van der Waals surface area contributed by atoms with Crippen LogP contribution in [0.5, 0.6) is 0 Å². The second-order valence-electron chi connectivity index (χ2n) is 4.35. The Balaban J connectivity index is 2.75. The number of rotatable bonds is 5. The van der Waals surface area contributed by atoms with Crippen molar-refractivity contribution >= 4 is 17.5 Å².